The first-order valence-electron chi connectivity index (χ1n) is 4.10. The van der Waals surface area contributed by atoms with Gasteiger partial charge in [0.1, 0.15) is 0 Å². The van der Waals surface area contributed by atoms with Crippen molar-refractivity contribution in [3.63, 3.8) is 0 Å². The average molecular weight is 178 g/mol. The van der Waals surface area contributed by atoms with Crippen molar-refractivity contribution in [1.29, 1.82) is 0 Å². The molecule has 12 heavy (non-hydrogen) atoms. The lowest BCUT2D eigenvalue weighted by atomic mass is 10.1. The molecule has 0 aliphatic heterocycles. The lowest BCUT2D eigenvalue weighted by Gasteiger charge is -2.11. The van der Waals surface area contributed by atoms with Crippen LogP contribution in [0.5, 0.6) is 0 Å². The average Bonchev–Trinajstić information content (AvgIpc) is 2.03. The molecule has 6 N–H and O–H groups in total. The SMILES string of the molecule is CC(C)(O)CN.CC(CN)CO. The number of hydrogen-bond donors (Lipinski definition) is 4. The smallest absolute Gasteiger partial charge is 0.0713 e. The number of rotatable bonds is 3. The minimum atomic E-state index is -0.681. The molecule has 1 unspecified atom stereocenters. The van der Waals surface area contributed by atoms with Crippen LogP contribution in [-0.2, 0) is 0 Å². The summed E-state index contributed by atoms with van der Waals surface area (Å²) < 4.78 is 0. The molecule has 4 nitrogen and oxygen atoms in total. The van der Waals surface area contributed by atoms with E-state index >= 15 is 0 Å². The van der Waals surface area contributed by atoms with E-state index in [4.69, 9.17) is 21.7 Å². The van der Waals surface area contributed by atoms with Gasteiger partial charge in [0, 0.05) is 13.2 Å². The van der Waals surface area contributed by atoms with Crippen LogP contribution in [0, 0.1) is 5.92 Å². The molecule has 0 aliphatic rings. The molecule has 0 aromatic carbocycles. The molecule has 0 aromatic rings. The highest BCUT2D eigenvalue weighted by atomic mass is 16.3. The van der Waals surface area contributed by atoms with Crippen LogP contribution < -0.4 is 11.5 Å². The molecule has 0 aliphatic carbocycles. The standard InChI is InChI=1S/2C4H11NO/c1-4(2,6)3-5;1-4(2-5)3-6/h6H,3,5H2,1-2H3;4,6H,2-3,5H2,1H3. The lowest BCUT2D eigenvalue weighted by Crippen LogP contribution is -2.29. The Morgan fingerprint density at radius 1 is 1.33 bits per heavy atom. The number of hydrogen-bond acceptors (Lipinski definition) is 4. The van der Waals surface area contributed by atoms with Crippen LogP contribution >= 0.6 is 0 Å². The summed E-state index contributed by atoms with van der Waals surface area (Å²) in [5.74, 6) is 0.269. The topological polar surface area (TPSA) is 92.5 Å². The normalized spacial score (nSPS) is 13.2. The van der Waals surface area contributed by atoms with Gasteiger partial charge in [-0.05, 0) is 26.3 Å². The van der Waals surface area contributed by atoms with E-state index in [-0.39, 0.29) is 12.5 Å². The maximum Gasteiger partial charge on any atom is 0.0713 e. The van der Waals surface area contributed by atoms with Crippen LogP contribution in [0.15, 0.2) is 0 Å². The summed E-state index contributed by atoms with van der Waals surface area (Å²) in [5, 5.41) is 17.0. The molecular weight excluding hydrogens is 156 g/mol. The van der Waals surface area contributed by atoms with Crippen molar-refractivity contribution in [3.8, 4) is 0 Å². The van der Waals surface area contributed by atoms with Crippen molar-refractivity contribution in [1.82, 2.24) is 0 Å². The van der Waals surface area contributed by atoms with Crippen molar-refractivity contribution >= 4 is 0 Å². The van der Waals surface area contributed by atoms with Crippen molar-refractivity contribution in [2.24, 2.45) is 17.4 Å². The highest BCUT2D eigenvalue weighted by Crippen LogP contribution is 1.93. The van der Waals surface area contributed by atoms with Gasteiger partial charge in [-0.2, -0.15) is 0 Å². The zero-order valence-corrected chi connectivity index (χ0v) is 8.25. The van der Waals surface area contributed by atoms with Crippen molar-refractivity contribution in [2.75, 3.05) is 19.7 Å². The summed E-state index contributed by atoms with van der Waals surface area (Å²) in [7, 11) is 0. The highest BCUT2D eigenvalue weighted by molar-refractivity contribution is 4.63. The van der Waals surface area contributed by atoms with E-state index in [1.807, 2.05) is 6.92 Å². The Balaban J connectivity index is 0. The largest absolute Gasteiger partial charge is 0.396 e. The zero-order chi connectivity index (χ0) is 10.2. The van der Waals surface area contributed by atoms with E-state index < -0.39 is 5.60 Å². The predicted molar refractivity (Wildman–Crippen MR) is 50.7 cm³/mol. The van der Waals surface area contributed by atoms with Gasteiger partial charge in [0.05, 0.1) is 5.60 Å². The van der Waals surface area contributed by atoms with Crippen LogP contribution in [0.2, 0.25) is 0 Å². The molecular formula is C8H22N2O2. The van der Waals surface area contributed by atoms with Crippen LogP contribution in [0.25, 0.3) is 0 Å². The predicted octanol–water partition coefficient (Wildman–Crippen LogP) is -0.710. The molecule has 0 aromatic heterocycles. The van der Waals surface area contributed by atoms with Gasteiger partial charge in [-0.25, -0.2) is 0 Å². The third kappa shape index (κ3) is 16.4. The van der Waals surface area contributed by atoms with Crippen LogP contribution in [0.3, 0.4) is 0 Å². The van der Waals surface area contributed by atoms with Crippen LogP contribution in [0.4, 0.5) is 0 Å². The summed E-state index contributed by atoms with van der Waals surface area (Å²) in [6.07, 6.45) is 0. The Kier molecular flexibility index (Phi) is 8.97. The van der Waals surface area contributed by atoms with E-state index in [2.05, 4.69) is 0 Å². The molecule has 0 heterocycles. The molecule has 0 rings (SSSR count). The first kappa shape index (κ1) is 14.4. The first-order chi connectivity index (χ1) is 5.37. The van der Waals surface area contributed by atoms with Gasteiger partial charge in [-0.1, -0.05) is 6.92 Å². The molecule has 0 bridgehead atoms. The molecule has 0 saturated heterocycles. The van der Waals surface area contributed by atoms with Gasteiger partial charge < -0.3 is 21.7 Å². The molecule has 0 saturated carbocycles. The van der Waals surface area contributed by atoms with Gasteiger partial charge in [-0.15, -0.1) is 0 Å². The van der Waals surface area contributed by atoms with E-state index in [1.54, 1.807) is 13.8 Å². The van der Waals surface area contributed by atoms with Gasteiger partial charge in [0.25, 0.3) is 0 Å². The first-order valence-corrected chi connectivity index (χ1v) is 4.10. The third-order valence-corrected chi connectivity index (χ3v) is 1.21. The van der Waals surface area contributed by atoms with Crippen molar-refractivity contribution in [3.05, 3.63) is 0 Å². The summed E-state index contributed by atoms with van der Waals surface area (Å²) >= 11 is 0. The maximum absolute atomic E-state index is 8.70. The van der Waals surface area contributed by atoms with Gasteiger partial charge in [0.15, 0.2) is 0 Å². The van der Waals surface area contributed by atoms with E-state index in [1.165, 1.54) is 0 Å². The second-order valence-corrected chi connectivity index (χ2v) is 3.54. The quantitative estimate of drug-likeness (QED) is 0.459. The van der Waals surface area contributed by atoms with Gasteiger partial charge in [0.2, 0.25) is 0 Å². The minimum absolute atomic E-state index is 0.205. The molecule has 0 spiro atoms. The van der Waals surface area contributed by atoms with Gasteiger partial charge >= 0.3 is 0 Å². The van der Waals surface area contributed by atoms with Crippen LogP contribution in [0.1, 0.15) is 20.8 Å². The van der Waals surface area contributed by atoms with E-state index in [9.17, 15) is 0 Å². The summed E-state index contributed by atoms with van der Waals surface area (Å²) in [4.78, 5) is 0. The lowest BCUT2D eigenvalue weighted by molar-refractivity contribution is 0.0898. The summed E-state index contributed by atoms with van der Waals surface area (Å²) in [5.41, 5.74) is 9.50. The Bertz CT molecular complexity index is 87.5. The van der Waals surface area contributed by atoms with E-state index in [0.29, 0.717) is 13.1 Å². The monoisotopic (exact) mass is 178 g/mol. The van der Waals surface area contributed by atoms with Crippen molar-refractivity contribution in [2.45, 2.75) is 26.4 Å². The molecule has 0 amide bonds. The Hall–Kier alpha value is -0.160. The molecule has 1 atom stereocenters. The third-order valence-electron chi connectivity index (χ3n) is 1.21. The maximum atomic E-state index is 8.70. The summed E-state index contributed by atoms with van der Waals surface area (Å²) in [6, 6.07) is 0. The Morgan fingerprint density at radius 3 is 1.67 bits per heavy atom. The number of aliphatic hydroxyl groups excluding tert-OH is 1. The number of aliphatic hydroxyl groups is 2. The fourth-order valence-electron chi connectivity index (χ4n) is 0.0745. The van der Waals surface area contributed by atoms with Crippen LogP contribution in [-0.4, -0.2) is 35.5 Å². The molecule has 0 fully saturated rings. The van der Waals surface area contributed by atoms with Gasteiger partial charge in [-0.3, -0.25) is 0 Å². The fraction of sp³-hybridized carbons (Fsp3) is 1.00. The molecule has 76 valence electrons. The highest BCUT2D eigenvalue weighted by Gasteiger charge is 2.06. The van der Waals surface area contributed by atoms with Crippen molar-refractivity contribution < 1.29 is 10.2 Å². The van der Waals surface area contributed by atoms with E-state index in [0.717, 1.165) is 0 Å². The zero-order valence-electron chi connectivity index (χ0n) is 8.25. The minimum Gasteiger partial charge on any atom is -0.396 e. The Labute approximate surface area is 74.6 Å². The second kappa shape index (κ2) is 7.49. The Morgan fingerprint density at radius 2 is 1.67 bits per heavy atom. The second-order valence-electron chi connectivity index (χ2n) is 3.54. The number of nitrogens with two attached hydrogens (primary N) is 2. The fourth-order valence-corrected chi connectivity index (χ4v) is 0.0745. The summed E-state index contributed by atoms with van der Waals surface area (Å²) in [6.45, 7) is 6.36. The molecule has 4 heteroatoms. The molecule has 0 radical (unpaired) electrons.